The van der Waals surface area contributed by atoms with Gasteiger partial charge in [-0.1, -0.05) is 42.0 Å². The highest BCUT2D eigenvalue weighted by Crippen LogP contribution is 2.13. The van der Waals surface area contributed by atoms with Crippen LogP contribution in [0.4, 0.5) is 10.1 Å². The van der Waals surface area contributed by atoms with Gasteiger partial charge in [-0.15, -0.1) is 0 Å². The van der Waals surface area contributed by atoms with E-state index in [1.165, 1.54) is 6.07 Å². The van der Waals surface area contributed by atoms with Crippen LogP contribution in [0.3, 0.4) is 0 Å². The van der Waals surface area contributed by atoms with Crippen molar-refractivity contribution < 1.29 is 9.18 Å². The Balaban J connectivity index is 2.01. The second kappa shape index (κ2) is 5.45. The maximum absolute atomic E-state index is 13.3. The Morgan fingerprint density at radius 1 is 1.11 bits per heavy atom. The number of carbonyl (C=O) groups excluding carboxylic acids is 1. The van der Waals surface area contributed by atoms with Crippen molar-refractivity contribution in [3.05, 3.63) is 65.5 Å². The van der Waals surface area contributed by atoms with Crippen molar-refractivity contribution >= 4 is 11.6 Å². The van der Waals surface area contributed by atoms with Gasteiger partial charge in [0.05, 0.1) is 12.1 Å². The van der Waals surface area contributed by atoms with Crippen LogP contribution in [0.5, 0.6) is 0 Å². The first-order chi connectivity index (χ1) is 8.65. The molecule has 0 heterocycles. The zero-order chi connectivity index (χ0) is 13.0. The minimum atomic E-state index is -0.422. The van der Waals surface area contributed by atoms with E-state index in [4.69, 9.17) is 0 Å². The average Bonchev–Trinajstić information content (AvgIpc) is 2.35. The topological polar surface area (TPSA) is 29.1 Å². The van der Waals surface area contributed by atoms with Gasteiger partial charge in [-0.05, 0) is 24.6 Å². The molecule has 92 valence electrons. The number of hydrogen-bond donors (Lipinski definition) is 1. The number of amides is 1. The smallest absolute Gasteiger partial charge is 0.228 e. The monoisotopic (exact) mass is 243 g/mol. The van der Waals surface area contributed by atoms with E-state index in [2.05, 4.69) is 5.32 Å². The number of anilines is 1. The fourth-order valence-corrected chi connectivity index (χ4v) is 1.65. The van der Waals surface area contributed by atoms with Crippen molar-refractivity contribution in [1.29, 1.82) is 0 Å². The third-order valence-electron chi connectivity index (χ3n) is 2.63. The fraction of sp³-hybridized carbons (Fsp3) is 0.133. The second-order valence-corrected chi connectivity index (χ2v) is 4.19. The number of para-hydroxylation sites is 1. The van der Waals surface area contributed by atoms with Crippen LogP contribution in [0.2, 0.25) is 0 Å². The summed E-state index contributed by atoms with van der Waals surface area (Å²) in [6.45, 7) is 1.99. The first-order valence-electron chi connectivity index (χ1n) is 5.75. The molecule has 0 fully saturated rings. The lowest BCUT2D eigenvalue weighted by atomic mass is 10.1. The van der Waals surface area contributed by atoms with Gasteiger partial charge < -0.3 is 5.32 Å². The molecule has 1 amide bonds. The summed E-state index contributed by atoms with van der Waals surface area (Å²) in [4.78, 5) is 11.7. The van der Waals surface area contributed by atoms with Gasteiger partial charge in [0.15, 0.2) is 0 Å². The molecule has 0 saturated heterocycles. The fourth-order valence-electron chi connectivity index (χ4n) is 1.65. The quantitative estimate of drug-likeness (QED) is 0.880. The van der Waals surface area contributed by atoms with E-state index in [1.54, 1.807) is 18.2 Å². The zero-order valence-electron chi connectivity index (χ0n) is 10.1. The van der Waals surface area contributed by atoms with Crippen LogP contribution in [0.25, 0.3) is 0 Å². The van der Waals surface area contributed by atoms with E-state index in [-0.39, 0.29) is 18.0 Å². The van der Waals surface area contributed by atoms with E-state index in [1.807, 2.05) is 31.2 Å². The molecule has 0 spiro atoms. The Labute approximate surface area is 105 Å². The molecule has 0 bridgehead atoms. The molecule has 1 N–H and O–H groups in total. The molecule has 2 nitrogen and oxygen atoms in total. The number of rotatable bonds is 3. The Hall–Kier alpha value is -2.16. The van der Waals surface area contributed by atoms with Crippen LogP contribution in [0.1, 0.15) is 11.1 Å². The lowest BCUT2D eigenvalue weighted by molar-refractivity contribution is -0.115. The highest BCUT2D eigenvalue weighted by molar-refractivity contribution is 5.92. The third kappa shape index (κ3) is 3.17. The highest BCUT2D eigenvalue weighted by Gasteiger charge is 2.06. The van der Waals surface area contributed by atoms with E-state index >= 15 is 0 Å². The molecule has 3 heteroatoms. The Morgan fingerprint density at radius 3 is 2.44 bits per heavy atom. The number of aryl methyl sites for hydroxylation is 1. The van der Waals surface area contributed by atoms with Crippen molar-refractivity contribution in [2.75, 3.05) is 5.32 Å². The van der Waals surface area contributed by atoms with E-state index in [9.17, 15) is 9.18 Å². The molecule has 0 aliphatic carbocycles. The lowest BCUT2D eigenvalue weighted by Crippen LogP contribution is -2.15. The first kappa shape index (κ1) is 12.3. The second-order valence-electron chi connectivity index (χ2n) is 4.19. The molecule has 0 aliphatic heterocycles. The summed E-state index contributed by atoms with van der Waals surface area (Å²) < 4.78 is 13.3. The molecule has 18 heavy (non-hydrogen) atoms. The van der Waals surface area contributed by atoms with Gasteiger partial charge in [-0.25, -0.2) is 4.39 Å². The molecule has 0 atom stereocenters. The maximum Gasteiger partial charge on any atom is 0.228 e. The van der Waals surface area contributed by atoms with Gasteiger partial charge in [0.2, 0.25) is 5.91 Å². The predicted molar refractivity (Wildman–Crippen MR) is 69.9 cm³/mol. The van der Waals surface area contributed by atoms with Gasteiger partial charge in [-0.3, -0.25) is 4.79 Å². The minimum Gasteiger partial charge on any atom is -0.323 e. The van der Waals surface area contributed by atoms with Gasteiger partial charge in [-0.2, -0.15) is 0 Å². The summed E-state index contributed by atoms with van der Waals surface area (Å²) in [5.74, 6) is -0.640. The number of hydrogen-bond acceptors (Lipinski definition) is 1. The van der Waals surface area contributed by atoms with E-state index < -0.39 is 5.82 Å². The standard InChI is InChI=1S/C15H14FNO/c1-11-6-8-12(9-7-11)10-15(18)17-14-5-3-2-4-13(14)16/h2-9H,10H2,1H3,(H,17,18). The normalized spacial score (nSPS) is 10.1. The van der Waals surface area contributed by atoms with Crippen LogP contribution in [0.15, 0.2) is 48.5 Å². The van der Waals surface area contributed by atoms with E-state index in [0.717, 1.165) is 11.1 Å². The van der Waals surface area contributed by atoms with Crippen LogP contribution < -0.4 is 5.32 Å². The van der Waals surface area contributed by atoms with Crippen LogP contribution in [-0.2, 0) is 11.2 Å². The SMILES string of the molecule is Cc1ccc(CC(=O)Nc2ccccc2F)cc1. The largest absolute Gasteiger partial charge is 0.323 e. The molecule has 0 radical (unpaired) electrons. The third-order valence-corrected chi connectivity index (χ3v) is 2.63. The van der Waals surface area contributed by atoms with Crippen molar-refractivity contribution in [2.24, 2.45) is 0 Å². The number of benzene rings is 2. The summed E-state index contributed by atoms with van der Waals surface area (Å²) in [5.41, 5.74) is 2.28. The van der Waals surface area contributed by atoms with Gasteiger partial charge in [0, 0.05) is 0 Å². The number of carbonyl (C=O) groups is 1. The molecule has 2 aromatic carbocycles. The van der Waals surface area contributed by atoms with Gasteiger partial charge in [0.25, 0.3) is 0 Å². The van der Waals surface area contributed by atoms with Crippen molar-refractivity contribution in [3.8, 4) is 0 Å². The molecular formula is C15H14FNO. The van der Waals surface area contributed by atoms with Crippen molar-refractivity contribution in [1.82, 2.24) is 0 Å². The summed E-state index contributed by atoms with van der Waals surface area (Å²) in [6, 6.07) is 13.8. The molecule has 0 aliphatic rings. The molecule has 0 saturated carbocycles. The van der Waals surface area contributed by atoms with Crippen LogP contribution in [-0.4, -0.2) is 5.91 Å². The summed E-state index contributed by atoms with van der Waals surface area (Å²) >= 11 is 0. The zero-order valence-corrected chi connectivity index (χ0v) is 10.1. The number of halogens is 1. The van der Waals surface area contributed by atoms with Crippen molar-refractivity contribution in [2.45, 2.75) is 13.3 Å². The summed E-state index contributed by atoms with van der Waals surface area (Å²) in [7, 11) is 0. The molecule has 0 aromatic heterocycles. The molecule has 2 aromatic rings. The predicted octanol–water partition coefficient (Wildman–Crippen LogP) is 3.32. The summed E-state index contributed by atoms with van der Waals surface area (Å²) in [6.07, 6.45) is 0.245. The van der Waals surface area contributed by atoms with E-state index in [0.29, 0.717) is 0 Å². The Kier molecular flexibility index (Phi) is 3.72. The lowest BCUT2D eigenvalue weighted by Gasteiger charge is -2.06. The maximum atomic E-state index is 13.3. The first-order valence-corrected chi connectivity index (χ1v) is 5.75. The van der Waals surface area contributed by atoms with Gasteiger partial charge >= 0.3 is 0 Å². The van der Waals surface area contributed by atoms with Crippen LogP contribution in [0, 0.1) is 12.7 Å². The van der Waals surface area contributed by atoms with Gasteiger partial charge in [0.1, 0.15) is 5.82 Å². The molecule has 2 rings (SSSR count). The molecular weight excluding hydrogens is 229 g/mol. The highest BCUT2D eigenvalue weighted by atomic mass is 19.1. The van der Waals surface area contributed by atoms with Crippen molar-refractivity contribution in [3.63, 3.8) is 0 Å². The average molecular weight is 243 g/mol. The number of nitrogens with one attached hydrogen (secondary N) is 1. The Morgan fingerprint density at radius 2 is 1.78 bits per heavy atom. The Bertz CT molecular complexity index is 549. The molecule has 0 unspecified atom stereocenters. The minimum absolute atomic E-state index is 0.217. The van der Waals surface area contributed by atoms with Crippen LogP contribution >= 0.6 is 0 Å². The summed E-state index contributed by atoms with van der Waals surface area (Å²) in [5, 5.41) is 2.56.